The third kappa shape index (κ3) is 5.12. The topological polar surface area (TPSA) is 20.3 Å². The maximum Gasteiger partial charge on any atom is 0.416 e. The molecule has 0 N–H and O–H groups in total. The van der Waals surface area contributed by atoms with E-state index < -0.39 is 11.7 Å². The molecule has 1 aliphatic rings. The van der Waals surface area contributed by atoms with E-state index in [-0.39, 0.29) is 12.3 Å². The third-order valence-corrected chi connectivity index (χ3v) is 5.91. The zero-order chi connectivity index (χ0) is 22.7. The lowest BCUT2D eigenvalue weighted by atomic mass is 9.97. The Labute approximate surface area is 189 Å². The second-order valence-electron chi connectivity index (χ2n) is 7.78. The number of carbonyl (C=O) groups excluding carboxylic acids is 1. The number of rotatable bonds is 5. The molecule has 0 aliphatic carbocycles. The number of benzene rings is 3. The molecule has 6 heteroatoms. The number of ketones is 1. The van der Waals surface area contributed by atoms with Gasteiger partial charge in [0.15, 0.2) is 5.78 Å². The highest BCUT2D eigenvalue weighted by Gasteiger charge is 2.30. The molecule has 3 aromatic carbocycles. The van der Waals surface area contributed by atoms with Gasteiger partial charge in [0.25, 0.3) is 0 Å². The molecule has 2 nitrogen and oxygen atoms in total. The van der Waals surface area contributed by atoms with E-state index >= 15 is 0 Å². The molecule has 1 heterocycles. The van der Waals surface area contributed by atoms with Crippen molar-refractivity contribution in [1.82, 2.24) is 4.90 Å². The number of carbonyl (C=O) groups is 1. The summed E-state index contributed by atoms with van der Waals surface area (Å²) in [6.07, 6.45) is -1.87. The van der Waals surface area contributed by atoms with Crippen LogP contribution in [0.5, 0.6) is 0 Å². The van der Waals surface area contributed by atoms with Crippen LogP contribution in [-0.4, -0.2) is 30.3 Å². The van der Waals surface area contributed by atoms with Gasteiger partial charge in [-0.05, 0) is 41.3 Å². The predicted octanol–water partition coefficient (Wildman–Crippen LogP) is 7.00. The molecule has 0 saturated heterocycles. The zero-order valence-electron chi connectivity index (χ0n) is 17.2. The highest BCUT2D eigenvalue weighted by atomic mass is 35.5. The molecule has 3 aromatic rings. The summed E-state index contributed by atoms with van der Waals surface area (Å²) in [5, 5.41) is 0.521. The van der Waals surface area contributed by atoms with Gasteiger partial charge in [-0.25, -0.2) is 0 Å². The minimum absolute atomic E-state index is 0.0394. The summed E-state index contributed by atoms with van der Waals surface area (Å²) in [5.74, 6) is -0.0394. The summed E-state index contributed by atoms with van der Waals surface area (Å²) in [6, 6.07) is 20.4. The normalized spacial score (nSPS) is 14.8. The van der Waals surface area contributed by atoms with E-state index in [1.165, 1.54) is 12.1 Å². The average Bonchev–Trinajstić information content (AvgIpc) is 2.79. The van der Waals surface area contributed by atoms with Crippen molar-refractivity contribution in [3.63, 3.8) is 0 Å². The lowest BCUT2D eigenvalue weighted by Crippen LogP contribution is -2.33. The Morgan fingerprint density at radius 2 is 1.69 bits per heavy atom. The zero-order valence-corrected chi connectivity index (χ0v) is 18.0. The number of alkyl halides is 3. The monoisotopic (exact) mass is 455 g/mol. The standard InChI is InChI=1S/C26H21ClF3NO/c27-24-16-21(9-10-23(24)19-5-2-1-3-6-19)25(32)17-31-13-11-18(12-14-31)20-7-4-8-22(15-20)26(28,29)30/h1-11,15-16H,12-14,17H2. The highest BCUT2D eigenvalue weighted by molar-refractivity contribution is 6.33. The Balaban J connectivity index is 1.42. The number of Topliss-reactive ketones (excluding diaryl/α,β-unsaturated/α-hetero) is 1. The molecule has 0 unspecified atom stereocenters. The number of nitrogens with zero attached hydrogens (tertiary/aromatic N) is 1. The van der Waals surface area contributed by atoms with Crippen molar-refractivity contribution in [3.8, 4) is 11.1 Å². The van der Waals surface area contributed by atoms with Crippen LogP contribution in [0.3, 0.4) is 0 Å². The van der Waals surface area contributed by atoms with Gasteiger partial charge in [0.1, 0.15) is 0 Å². The van der Waals surface area contributed by atoms with Crippen molar-refractivity contribution in [2.75, 3.05) is 19.6 Å². The van der Waals surface area contributed by atoms with E-state index in [2.05, 4.69) is 0 Å². The molecule has 164 valence electrons. The van der Waals surface area contributed by atoms with Crippen LogP contribution in [0.1, 0.15) is 27.9 Å². The first-order valence-electron chi connectivity index (χ1n) is 10.3. The summed E-state index contributed by atoms with van der Waals surface area (Å²) >= 11 is 6.43. The van der Waals surface area contributed by atoms with E-state index in [1.807, 2.05) is 47.4 Å². The van der Waals surface area contributed by atoms with Crippen LogP contribution < -0.4 is 0 Å². The van der Waals surface area contributed by atoms with Crippen LogP contribution in [0, 0.1) is 0 Å². The van der Waals surface area contributed by atoms with E-state index in [1.54, 1.807) is 18.2 Å². The second-order valence-corrected chi connectivity index (χ2v) is 8.18. The van der Waals surface area contributed by atoms with Crippen LogP contribution in [0.25, 0.3) is 16.7 Å². The van der Waals surface area contributed by atoms with Gasteiger partial charge in [-0.3, -0.25) is 9.69 Å². The van der Waals surface area contributed by atoms with Crippen LogP contribution in [0.4, 0.5) is 13.2 Å². The molecule has 4 rings (SSSR count). The molecule has 0 saturated carbocycles. The van der Waals surface area contributed by atoms with Gasteiger partial charge < -0.3 is 0 Å². The molecule has 0 spiro atoms. The van der Waals surface area contributed by atoms with Crippen molar-refractivity contribution < 1.29 is 18.0 Å². The maximum absolute atomic E-state index is 13.0. The Kier molecular flexibility index (Phi) is 6.49. The number of hydrogen-bond donors (Lipinski definition) is 0. The van der Waals surface area contributed by atoms with Crippen molar-refractivity contribution in [2.45, 2.75) is 12.6 Å². The van der Waals surface area contributed by atoms with Crippen molar-refractivity contribution >= 4 is 23.0 Å². The van der Waals surface area contributed by atoms with Crippen LogP contribution in [0.2, 0.25) is 5.02 Å². The van der Waals surface area contributed by atoms with Gasteiger partial charge in [-0.1, -0.05) is 72.3 Å². The minimum Gasteiger partial charge on any atom is -0.293 e. The first kappa shape index (κ1) is 22.3. The third-order valence-electron chi connectivity index (χ3n) is 5.60. The fourth-order valence-electron chi connectivity index (χ4n) is 3.85. The SMILES string of the molecule is O=C(CN1CC=C(c2cccc(C(F)(F)F)c2)CC1)c1ccc(-c2ccccc2)c(Cl)c1. The molecular formula is C26H21ClF3NO. The van der Waals surface area contributed by atoms with Crippen LogP contribution in [0.15, 0.2) is 78.9 Å². The average molecular weight is 456 g/mol. The fraction of sp³-hybridized carbons (Fsp3) is 0.192. The number of hydrogen-bond acceptors (Lipinski definition) is 2. The molecule has 0 bridgehead atoms. The molecule has 0 radical (unpaired) electrons. The molecule has 0 fully saturated rings. The van der Waals surface area contributed by atoms with Gasteiger partial charge >= 0.3 is 6.18 Å². The van der Waals surface area contributed by atoms with E-state index in [9.17, 15) is 18.0 Å². The van der Waals surface area contributed by atoms with E-state index in [4.69, 9.17) is 11.6 Å². The van der Waals surface area contributed by atoms with Gasteiger partial charge in [-0.15, -0.1) is 0 Å². The van der Waals surface area contributed by atoms with E-state index in [0.717, 1.165) is 22.8 Å². The second kappa shape index (κ2) is 9.31. The Bertz CT molecular complexity index is 1160. The molecule has 1 aliphatic heterocycles. The van der Waals surface area contributed by atoms with Crippen LogP contribution in [-0.2, 0) is 6.18 Å². The molecule has 0 atom stereocenters. The fourth-order valence-corrected chi connectivity index (χ4v) is 4.14. The summed E-state index contributed by atoms with van der Waals surface area (Å²) in [4.78, 5) is 14.8. The summed E-state index contributed by atoms with van der Waals surface area (Å²) in [7, 11) is 0. The predicted molar refractivity (Wildman–Crippen MR) is 122 cm³/mol. The Morgan fingerprint density at radius 1 is 0.938 bits per heavy atom. The molecule has 0 aromatic heterocycles. The summed E-state index contributed by atoms with van der Waals surface area (Å²) in [6.45, 7) is 1.34. The summed E-state index contributed by atoms with van der Waals surface area (Å²) in [5.41, 5.74) is 3.20. The molecule has 32 heavy (non-hydrogen) atoms. The lowest BCUT2D eigenvalue weighted by Gasteiger charge is -2.26. The van der Waals surface area contributed by atoms with Crippen molar-refractivity contribution in [1.29, 1.82) is 0 Å². The largest absolute Gasteiger partial charge is 0.416 e. The number of halogens is 4. The smallest absolute Gasteiger partial charge is 0.293 e. The maximum atomic E-state index is 13.0. The first-order chi connectivity index (χ1) is 15.3. The molecular weight excluding hydrogens is 435 g/mol. The quantitative estimate of drug-likeness (QED) is 0.386. The van der Waals surface area contributed by atoms with Crippen molar-refractivity contribution in [3.05, 3.63) is 101 Å². The van der Waals surface area contributed by atoms with Gasteiger partial charge in [0.05, 0.1) is 12.1 Å². The summed E-state index contributed by atoms with van der Waals surface area (Å²) < 4.78 is 38.9. The minimum atomic E-state index is -4.36. The Hall–Kier alpha value is -2.89. The lowest BCUT2D eigenvalue weighted by molar-refractivity contribution is -0.137. The van der Waals surface area contributed by atoms with Crippen LogP contribution >= 0.6 is 11.6 Å². The van der Waals surface area contributed by atoms with Gasteiger partial charge in [0.2, 0.25) is 0 Å². The van der Waals surface area contributed by atoms with E-state index in [0.29, 0.717) is 35.7 Å². The Morgan fingerprint density at radius 3 is 2.34 bits per heavy atom. The van der Waals surface area contributed by atoms with Crippen molar-refractivity contribution in [2.24, 2.45) is 0 Å². The van der Waals surface area contributed by atoms with Gasteiger partial charge in [0, 0.05) is 29.2 Å². The molecule has 0 amide bonds. The highest BCUT2D eigenvalue weighted by Crippen LogP contribution is 2.32. The van der Waals surface area contributed by atoms with Gasteiger partial charge in [-0.2, -0.15) is 13.2 Å². The first-order valence-corrected chi connectivity index (χ1v) is 10.7.